The lowest BCUT2D eigenvalue weighted by atomic mass is 9.89. The molecule has 0 aromatic heterocycles. The van der Waals surface area contributed by atoms with E-state index in [0.29, 0.717) is 0 Å². The van der Waals surface area contributed by atoms with E-state index in [4.69, 9.17) is 9.47 Å². The Bertz CT molecular complexity index is 327. The van der Waals surface area contributed by atoms with Crippen LogP contribution >= 0.6 is 0 Å². The predicted molar refractivity (Wildman–Crippen MR) is 71.7 cm³/mol. The average molecular weight is 251 g/mol. The van der Waals surface area contributed by atoms with E-state index in [-0.39, 0.29) is 5.60 Å². The molecule has 0 radical (unpaired) electrons. The molecule has 0 amide bonds. The van der Waals surface area contributed by atoms with Gasteiger partial charge in [0.15, 0.2) is 0 Å². The molecule has 0 unspecified atom stereocenters. The second-order valence-electron chi connectivity index (χ2n) is 6.00. The first-order valence-electron chi connectivity index (χ1n) is 7.43. The summed E-state index contributed by atoms with van der Waals surface area (Å²) in [4.78, 5) is 2.60. The van der Waals surface area contributed by atoms with Crippen LogP contribution in [0.1, 0.15) is 39.0 Å². The molecular weight excluding hydrogens is 226 g/mol. The van der Waals surface area contributed by atoms with Gasteiger partial charge in [0.2, 0.25) is 0 Å². The first kappa shape index (κ1) is 12.6. The SMILES string of the molecule is C/C(CCCN1CCCC1)=C1/COCC[C@]12CO2. The molecule has 3 rings (SSSR count). The van der Waals surface area contributed by atoms with Crippen molar-refractivity contribution >= 4 is 0 Å². The highest BCUT2D eigenvalue weighted by Gasteiger charge is 2.50. The van der Waals surface area contributed by atoms with E-state index < -0.39 is 0 Å². The van der Waals surface area contributed by atoms with Gasteiger partial charge in [-0.25, -0.2) is 0 Å². The molecule has 0 N–H and O–H groups in total. The van der Waals surface area contributed by atoms with E-state index in [1.807, 2.05) is 0 Å². The van der Waals surface area contributed by atoms with Gasteiger partial charge in [0.25, 0.3) is 0 Å². The van der Waals surface area contributed by atoms with Crippen molar-refractivity contribution in [2.45, 2.75) is 44.6 Å². The maximum atomic E-state index is 5.70. The molecule has 1 spiro atoms. The number of rotatable bonds is 4. The number of ether oxygens (including phenoxy) is 2. The normalized spacial score (nSPS) is 35.2. The molecule has 3 heterocycles. The van der Waals surface area contributed by atoms with Crippen molar-refractivity contribution in [2.24, 2.45) is 0 Å². The highest BCUT2D eigenvalue weighted by Crippen LogP contribution is 2.43. The second kappa shape index (κ2) is 5.32. The van der Waals surface area contributed by atoms with Crippen LogP contribution in [0, 0.1) is 0 Å². The zero-order chi connectivity index (χ0) is 12.4. The Morgan fingerprint density at radius 2 is 2.11 bits per heavy atom. The summed E-state index contributed by atoms with van der Waals surface area (Å²) in [6, 6.07) is 0. The Morgan fingerprint density at radius 3 is 2.83 bits per heavy atom. The highest BCUT2D eigenvalue weighted by atomic mass is 16.6. The van der Waals surface area contributed by atoms with Crippen LogP contribution < -0.4 is 0 Å². The predicted octanol–water partition coefficient (Wildman–Crippen LogP) is 2.37. The molecule has 0 aromatic rings. The van der Waals surface area contributed by atoms with Crippen molar-refractivity contribution in [3.8, 4) is 0 Å². The maximum Gasteiger partial charge on any atom is 0.117 e. The van der Waals surface area contributed by atoms with Gasteiger partial charge < -0.3 is 14.4 Å². The van der Waals surface area contributed by atoms with E-state index in [2.05, 4.69) is 11.8 Å². The molecule has 3 heteroatoms. The molecule has 0 bridgehead atoms. The zero-order valence-electron chi connectivity index (χ0n) is 11.5. The molecule has 3 fully saturated rings. The third-order valence-electron chi connectivity index (χ3n) is 4.68. The number of allylic oxidation sites excluding steroid dienone is 1. The Balaban J connectivity index is 1.51. The van der Waals surface area contributed by atoms with Crippen molar-refractivity contribution < 1.29 is 9.47 Å². The molecule has 0 aliphatic carbocycles. The largest absolute Gasteiger partial charge is 0.377 e. The van der Waals surface area contributed by atoms with E-state index in [1.165, 1.54) is 56.5 Å². The quantitative estimate of drug-likeness (QED) is 0.566. The zero-order valence-corrected chi connectivity index (χ0v) is 11.5. The number of nitrogens with zero attached hydrogens (tertiary/aromatic N) is 1. The summed E-state index contributed by atoms with van der Waals surface area (Å²) in [5.74, 6) is 0. The topological polar surface area (TPSA) is 25.0 Å². The average Bonchev–Trinajstić information content (AvgIpc) is 2.93. The van der Waals surface area contributed by atoms with E-state index in [0.717, 1.165) is 26.2 Å². The first-order chi connectivity index (χ1) is 8.80. The molecule has 0 aromatic carbocycles. The summed E-state index contributed by atoms with van der Waals surface area (Å²) in [5.41, 5.74) is 3.08. The molecule has 3 aliphatic rings. The summed E-state index contributed by atoms with van der Waals surface area (Å²) in [5, 5.41) is 0. The first-order valence-corrected chi connectivity index (χ1v) is 7.43. The van der Waals surface area contributed by atoms with Crippen LogP contribution in [0.25, 0.3) is 0 Å². The van der Waals surface area contributed by atoms with Gasteiger partial charge in [0, 0.05) is 6.42 Å². The fourth-order valence-corrected chi connectivity index (χ4v) is 3.34. The molecule has 3 saturated heterocycles. The fourth-order valence-electron chi connectivity index (χ4n) is 3.34. The molecule has 18 heavy (non-hydrogen) atoms. The van der Waals surface area contributed by atoms with Gasteiger partial charge in [-0.3, -0.25) is 0 Å². The molecule has 3 nitrogen and oxygen atoms in total. The van der Waals surface area contributed by atoms with Gasteiger partial charge in [-0.15, -0.1) is 0 Å². The van der Waals surface area contributed by atoms with E-state index in [1.54, 1.807) is 0 Å². The summed E-state index contributed by atoms with van der Waals surface area (Å²) in [6.07, 6.45) is 6.34. The number of epoxide rings is 1. The van der Waals surface area contributed by atoms with E-state index in [9.17, 15) is 0 Å². The minimum Gasteiger partial charge on any atom is -0.377 e. The van der Waals surface area contributed by atoms with Crippen LogP contribution in [0.3, 0.4) is 0 Å². The molecule has 102 valence electrons. The van der Waals surface area contributed by atoms with Crippen molar-refractivity contribution in [3.63, 3.8) is 0 Å². The molecule has 3 aliphatic heterocycles. The summed E-state index contributed by atoms with van der Waals surface area (Å²) in [6.45, 7) is 8.75. The smallest absolute Gasteiger partial charge is 0.117 e. The Labute approximate surface area is 110 Å². The van der Waals surface area contributed by atoms with Crippen LogP contribution in [-0.2, 0) is 9.47 Å². The van der Waals surface area contributed by atoms with Gasteiger partial charge in [-0.2, -0.15) is 0 Å². The van der Waals surface area contributed by atoms with Gasteiger partial charge in [-0.05, 0) is 57.8 Å². The lowest BCUT2D eigenvalue weighted by Crippen LogP contribution is -2.28. The van der Waals surface area contributed by atoms with Gasteiger partial charge >= 0.3 is 0 Å². The van der Waals surface area contributed by atoms with Crippen LogP contribution in [0.2, 0.25) is 0 Å². The summed E-state index contributed by atoms with van der Waals surface area (Å²) < 4.78 is 11.3. The second-order valence-corrected chi connectivity index (χ2v) is 6.00. The summed E-state index contributed by atoms with van der Waals surface area (Å²) >= 11 is 0. The van der Waals surface area contributed by atoms with E-state index >= 15 is 0 Å². The third kappa shape index (κ3) is 2.63. The molecule has 1 atom stereocenters. The maximum absolute atomic E-state index is 5.70. The van der Waals surface area contributed by atoms with Crippen LogP contribution in [0.5, 0.6) is 0 Å². The number of hydrogen-bond acceptors (Lipinski definition) is 3. The minimum absolute atomic E-state index is 0.107. The van der Waals surface area contributed by atoms with Crippen molar-refractivity contribution in [1.82, 2.24) is 4.90 Å². The Morgan fingerprint density at radius 1 is 1.33 bits per heavy atom. The number of hydrogen-bond donors (Lipinski definition) is 0. The fraction of sp³-hybridized carbons (Fsp3) is 0.867. The molecule has 0 saturated carbocycles. The minimum atomic E-state index is 0.107. The van der Waals surface area contributed by atoms with Crippen LogP contribution in [-0.4, -0.2) is 50.0 Å². The van der Waals surface area contributed by atoms with Crippen molar-refractivity contribution in [3.05, 3.63) is 11.1 Å². The van der Waals surface area contributed by atoms with Crippen molar-refractivity contribution in [2.75, 3.05) is 39.5 Å². The summed E-state index contributed by atoms with van der Waals surface area (Å²) in [7, 11) is 0. The lowest BCUT2D eigenvalue weighted by Gasteiger charge is -2.25. The standard InChI is InChI=1S/C15H25NO2/c1-13(5-4-9-16-7-2-3-8-16)14-11-17-10-6-15(14)12-18-15/h2-12H2,1H3/b14-13+/t15-/m0/s1. The van der Waals surface area contributed by atoms with Crippen LogP contribution in [0.4, 0.5) is 0 Å². The van der Waals surface area contributed by atoms with Gasteiger partial charge in [0.05, 0.1) is 19.8 Å². The van der Waals surface area contributed by atoms with Gasteiger partial charge in [0.1, 0.15) is 5.60 Å². The van der Waals surface area contributed by atoms with Gasteiger partial charge in [-0.1, -0.05) is 5.57 Å². The lowest BCUT2D eigenvalue weighted by molar-refractivity contribution is 0.0905. The Hall–Kier alpha value is -0.380. The highest BCUT2D eigenvalue weighted by molar-refractivity contribution is 5.30. The number of likely N-dealkylation sites (tertiary alicyclic amines) is 1. The van der Waals surface area contributed by atoms with Crippen LogP contribution in [0.15, 0.2) is 11.1 Å². The monoisotopic (exact) mass is 251 g/mol. The molecular formula is C15H25NO2. The Kier molecular flexibility index (Phi) is 3.73. The van der Waals surface area contributed by atoms with Crippen molar-refractivity contribution in [1.29, 1.82) is 0 Å². The third-order valence-corrected chi connectivity index (χ3v) is 4.68.